The summed E-state index contributed by atoms with van der Waals surface area (Å²) < 4.78 is 10.9. The maximum atomic E-state index is 5.48. The van der Waals surface area contributed by atoms with Crippen molar-refractivity contribution in [3.63, 3.8) is 0 Å². The third-order valence-electron chi connectivity index (χ3n) is 2.57. The Hall–Kier alpha value is -1.67. The second kappa shape index (κ2) is 11.0. The van der Waals surface area contributed by atoms with Crippen LogP contribution in [0.15, 0.2) is 0 Å². The van der Waals surface area contributed by atoms with Crippen molar-refractivity contribution >= 4 is 11.9 Å². The molecular weight excluding hydrogens is 272 g/mol. The Labute approximate surface area is 125 Å². The Morgan fingerprint density at radius 3 is 2.43 bits per heavy atom. The predicted octanol–water partition coefficient (Wildman–Crippen LogP) is 1.56. The summed E-state index contributed by atoms with van der Waals surface area (Å²) in [6.45, 7) is 6.97. The summed E-state index contributed by atoms with van der Waals surface area (Å²) in [5, 5.41) is 3.11. The third-order valence-corrected chi connectivity index (χ3v) is 2.57. The first-order valence-electron chi connectivity index (χ1n) is 7.47. The van der Waals surface area contributed by atoms with E-state index in [2.05, 4.69) is 32.6 Å². The number of nitrogen functional groups attached to an aromatic ring is 1. The van der Waals surface area contributed by atoms with Crippen LogP contribution in [0.1, 0.15) is 39.5 Å². The van der Waals surface area contributed by atoms with Gasteiger partial charge in [0.05, 0.1) is 6.61 Å². The van der Waals surface area contributed by atoms with E-state index < -0.39 is 0 Å². The average Bonchev–Trinajstić information content (AvgIpc) is 2.51. The van der Waals surface area contributed by atoms with Crippen molar-refractivity contribution in [1.82, 2.24) is 15.0 Å². The number of rotatable bonds is 12. The molecule has 1 heterocycles. The zero-order valence-corrected chi connectivity index (χ0v) is 12.9. The minimum atomic E-state index is 0.265. The highest BCUT2D eigenvalue weighted by Crippen LogP contribution is 2.10. The largest absolute Gasteiger partial charge is 0.463 e. The Morgan fingerprint density at radius 2 is 1.71 bits per heavy atom. The number of nitrogens with one attached hydrogen (secondary N) is 2. The summed E-state index contributed by atoms with van der Waals surface area (Å²) >= 11 is 0. The highest BCUT2D eigenvalue weighted by atomic mass is 16.5. The lowest BCUT2D eigenvalue weighted by Crippen LogP contribution is -2.15. The standard InChI is InChI=1S/C13H26N6O2/c1-3-5-9-20-10-6-7-15-11-16-12(19-14)18-13(17-11)21-8-4-2/h3-10,14H2,1-2H3,(H2,15,16,17,18,19). The Kier molecular flexibility index (Phi) is 9.14. The highest BCUT2D eigenvalue weighted by molar-refractivity contribution is 5.34. The molecule has 0 fully saturated rings. The van der Waals surface area contributed by atoms with Crippen LogP contribution >= 0.6 is 0 Å². The molecule has 0 saturated heterocycles. The molecule has 1 aromatic rings. The maximum Gasteiger partial charge on any atom is 0.323 e. The maximum absolute atomic E-state index is 5.48. The molecule has 0 bridgehead atoms. The molecule has 8 heteroatoms. The molecule has 0 radical (unpaired) electrons. The number of hydrogen-bond acceptors (Lipinski definition) is 8. The van der Waals surface area contributed by atoms with Crippen LogP contribution in [0, 0.1) is 0 Å². The van der Waals surface area contributed by atoms with Gasteiger partial charge in [-0.2, -0.15) is 15.0 Å². The Morgan fingerprint density at radius 1 is 0.952 bits per heavy atom. The fourth-order valence-electron chi connectivity index (χ4n) is 1.48. The number of hydrogen-bond donors (Lipinski definition) is 3. The molecule has 0 aliphatic heterocycles. The number of nitrogens with two attached hydrogens (primary N) is 1. The lowest BCUT2D eigenvalue weighted by Gasteiger charge is -2.09. The van der Waals surface area contributed by atoms with Gasteiger partial charge in [-0.3, -0.25) is 5.43 Å². The molecule has 0 aliphatic rings. The van der Waals surface area contributed by atoms with E-state index in [0.717, 1.165) is 38.9 Å². The van der Waals surface area contributed by atoms with Crippen LogP contribution in [0.2, 0.25) is 0 Å². The van der Waals surface area contributed by atoms with Crippen LogP contribution in [0.4, 0.5) is 11.9 Å². The zero-order valence-electron chi connectivity index (χ0n) is 12.9. The van der Waals surface area contributed by atoms with Crippen LogP contribution < -0.4 is 21.3 Å². The van der Waals surface area contributed by atoms with Crippen molar-refractivity contribution in [3.05, 3.63) is 0 Å². The van der Waals surface area contributed by atoms with Crippen molar-refractivity contribution in [2.24, 2.45) is 5.84 Å². The average molecular weight is 298 g/mol. The van der Waals surface area contributed by atoms with Gasteiger partial charge in [-0.15, -0.1) is 0 Å². The van der Waals surface area contributed by atoms with Gasteiger partial charge in [0, 0.05) is 19.8 Å². The predicted molar refractivity (Wildman–Crippen MR) is 82.3 cm³/mol. The summed E-state index contributed by atoms with van der Waals surface area (Å²) in [5.74, 6) is 6.05. The Bertz CT molecular complexity index is 391. The zero-order chi connectivity index (χ0) is 15.3. The monoisotopic (exact) mass is 298 g/mol. The van der Waals surface area contributed by atoms with Gasteiger partial charge < -0.3 is 14.8 Å². The van der Waals surface area contributed by atoms with Gasteiger partial charge in [0.25, 0.3) is 0 Å². The van der Waals surface area contributed by atoms with Crippen LogP contribution in [0.5, 0.6) is 6.01 Å². The topological polar surface area (TPSA) is 107 Å². The minimum absolute atomic E-state index is 0.265. The molecule has 0 atom stereocenters. The van der Waals surface area contributed by atoms with Gasteiger partial charge in [-0.05, 0) is 19.3 Å². The second-order valence-electron chi connectivity index (χ2n) is 4.50. The van der Waals surface area contributed by atoms with Gasteiger partial charge in [-0.1, -0.05) is 20.3 Å². The fourth-order valence-corrected chi connectivity index (χ4v) is 1.48. The molecule has 0 aliphatic carbocycles. The molecule has 0 unspecified atom stereocenters. The van der Waals surface area contributed by atoms with Crippen LogP contribution in [-0.4, -0.2) is 41.3 Å². The van der Waals surface area contributed by atoms with E-state index >= 15 is 0 Å². The van der Waals surface area contributed by atoms with E-state index in [-0.39, 0.29) is 12.0 Å². The molecule has 8 nitrogen and oxygen atoms in total. The van der Waals surface area contributed by atoms with Crippen molar-refractivity contribution in [2.75, 3.05) is 37.1 Å². The van der Waals surface area contributed by atoms with Gasteiger partial charge in [0.15, 0.2) is 0 Å². The number of aromatic nitrogens is 3. The van der Waals surface area contributed by atoms with E-state index in [1.165, 1.54) is 0 Å². The quantitative estimate of drug-likeness (QED) is 0.303. The Balaban J connectivity index is 2.35. The molecular formula is C13H26N6O2. The first-order valence-corrected chi connectivity index (χ1v) is 7.47. The van der Waals surface area contributed by atoms with E-state index in [0.29, 0.717) is 19.1 Å². The summed E-state index contributed by atoms with van der Waals surface area (Å²) in [7, 11) is 0. The van der Waals surface area contributed by atoms with Gasteiger partial charge >= 0.3 is 6.01 Å². The normalized spacial score (nSPS) is 10.4. The van der Waals surface area contributed by atoms with Crippen molar-refractivity contribution in [3.8, 4) is 6.01 Å². The molecule has 1 rings (SSSR count). The molecule has 4 N–H and O–H groups in total. The SMILES string of the molecule is CCCCOCCCNc1nc(NN)nc(OCCC)n1. The summed E-state index contributed by atoms with van der Waals surface area (Å²) in [6.07, 6.45) is 4.02. The van der Waals surface area contributed by atoms with Gasteiger partial charge in [-0.25, -0.2) is 5.84 Å². The van der Waals surface area contributed by atoms with Crippen LogP contribution in [-0.2, 0) is 4.74 Å². The van der Waals surface area contributed by atoms with Crippen LogP contribution in [0.25, 0.3) is 0 Å². The van der Waals surface area contributed by atoms with E-state index in [1.807, 2.05) is 6.92 Å². The fraction of sp³-hybridized carbons (Fsp3) is 0.769. The molecule has 0 aromatic carbocycles. The first kappa shape index (κ1) is 17.4. The third kappa shape index (κ3) is 7.62. The summed E-state index contributed by atoms with van der Waals surface area (Å²) in [5.41, 5.74) is 2.40. The van der Waals surface area contributed by atoms with Crippen molar-refractivity contribution < 1.29 is 9.47 Å². The lowest BCUT2D eigenvalue weighted by molar-refractivity contribution is 0.131. The van der Waals surface area contributed by atoms with E-state index in [1.54, 1.807) is 0 Å². The smallest absolute Gasteiger partial charge is 0.323 e. The van der Waals surface area contributed by atoms with Crippen molar-refractivity contribution in [2.45, 2.75) is 39.5 Å². The van der Waals surface area contributed by atoms with Crippen LogP contribution in [0.3, 0.4) is 0 Å². The number of unbranched alkanes of at least 4 members (excludes halogenated alkanes) is 1. The van der Waals surface area contributed by atoms with Gasteiger partial charge in [0.2, 0.25) is 11.9 Å². The number of anilines is 2. The highest BCUT2D eigenvalue weighted by Gasteiger charge is 2.06. The molecule has 0 saturated carbocycles. The number of hydrazine groups is 1. The minimum Gasteiger partial charge on any atom is -0.463 e. The molecule has 0 amide bonds. The first-order chi connectivity index (χ1) is 10.3. The molecule has 120 valence electrons. The molecule has 21 heavy (non-hydrogen) atoms. The number of ether oxygens (including phenoxy) is 2. The summed E-state index contributed by atoms with van der Waals surface area (Å²) in [4.78, 5) is 12.3. The molecule has 1 aromatic heterocycles. The number of nitrogens with zero attached hydrogens (tertiary/aromatic N) is 3. The van der Waals surface area contributed by atoms with Crippen molar-refractivity contribution in [1.29, 1.82) is 0 Å². The lowest BCUT2D eigenvalue weighted by atomic mass is 10.4. The second-order valence-corrected chi connectivity index (χ2v) is 4.50. The van der Waals surface area contributed by atoms with E-state index in [4.69, 9.17) is 15.3 Å². The van der Waals surface area contributed by atoms with Gasteiger partial charge in [0.1, 0.15) is 0 Å². The summed E-state index contributed by atoms with van der Waals surface area (Å²) in [6, 6.07) is 0.265. The van der Waals surface area contributed by atoms with E-state index in [9.17, 15) is 0 Å². The molecule has 0 spiro atoms.